The minimum Gasteiger partial charge on any atom is -0.465 e. The number of ether oxygens (including phenoxy) is 2. The third kappa shape index (κ3) is 5.20. The van der Waals surface area contributed by atoms with Crippen molar-refractivity contribution >= 4 is 6.09 Å². The van der Waals surface area contributed by atoms with E-state index in [2.05, 4.69) is 0 Å². The molecule has 3 atom stereocenters. The van der Waals surface area contributed by atoms with Crippen molar-refractivity contribution in [3.8, 4) is 0 Å². The third-order valence-electron chi connectivity index (χ3n) is 4.08. The quantitative estimate of drug-likeness (QED) is 0.806. The lowest BCUT2D eigenvalue weighted by molar-refractivity contribution is -0.197. The summed E-state index contributed by atoms with van der Waals surface area (Å²) in [5.74, 6) is 0. The number of rotatable bonds is 7. The highest BCUT2D eigenvalue weighted by Gasteiger charge is 2.31. The van der Waals surface area contributed by atoms with Crippen molar-refractivity contribution in [3.63, 3.8) is 0 Å². The fourth-order valence-corrected chi connectivity index (χ4v) is 2.76. The Morgan fingerprint density at radius 2 is 2.13 bits per heavy atom. The molecule has 6 heteroatoms. The van der Waals surface area contributed by atoms with Gasteiger partial charge in [-0.1, -0.05) is 30.3 Å². The van der Waals surface area contributed by atoms with Gasteiger partial charge in [0.15, 0.2) is 6.29 Å². The van der Waals surface area contributed by atoms with Gasteiger partial charge >= 0.3 is 6.09 Å². The van der Waals surface area contributed by atoms with Gasteiger partial charge in [-0.05, 0) is 31.7 Å². The maximum atomic E-state index is 11.6. The zero-order valence-electron chi connectivity index (χ0n) is 13.4. The first kappa shape index (κ1) is 17.7. The Hall–Kier alpha value is -1.63. The average Bonchev–Trinajstić information content (AvgIpc) is 2.56. The minimum absolute atomic E-state index is 0.209. The lowest BCUT2D eigenvalue weighted by atomic mass is 10.1. The normalized spacial score (nSPS) is 20.7. The van der Waals surface area contributed by atoms with Crippen molar-refractivity contribution < 1.29 is 24.5 Å². The van der Waals surface area contributed by atoms with Crippen molar-refractivity contribution in [2.45, 2.75) is 51.2 Å². The SMILES string of the molecule is C[C@@H](OC1CCCCO1)[C@@H](CO)N(Cc1ccccc1)C(=O)O. The lowest BCUT2D eigenvalue weighted by Gasteiger charge is -2.35. The molecule has 1 amide bonds. The van der Waals surface area contributed by atoms with E-state index in [1.165, 1.54) is 4.90 Å². The number of aliphatic hydroxyl groups excluding tert-OH is 1. The van der Waals surface area contributed by atoms with E-state index in [1.54, 1.807) is 6.92 Å². The largest absolute Gasteiger partial charge is 0.465 e. The van der Waals surface area contributed by atoms with E-state index >= 15 is 0 Å². The summed E-state index contributed by atoms with van der Waals surface area (Å²) in [4.78, 5) is 12.9. The molecule has 0 aromatic heterocycles. The van der Waals surface area contributed by atoms with Crippen LogP contribution in [0.25, 0.3) is 0 Å². The second kappa shape index (κ2) is 8.86. The fraction of sp³-hybridized carbons (Fsp3) is 0.588. The number of benzene rings is 1. The van der Waals surface area contributed by atoms with Crippen LogP contribution in [0.3, 0.4) is 0 Å². The molecule has 1 unspecified atom stereocenters. The Labute approximate surface area is 136 Å². The van der Waals surface area contributed by atoms with Crippen LogP contribution < -0.4 is 0 Å². The number of aliphatic hydroxyl groups is 1. The van der Waals surface area contributed by atoms with Crippen molar-refractivity contribution in [3.05, 3.63) is 35.9 Å². The molecule has 1 aliphatic heterocycles. The van der Waals surface area contributed by atoms with Crippen LogP contribution in [-0.2, 0) is 16.0 Å². The summed E-state index contributed by atoms with van der Waals surface area (Å²) in [5.41, 5.74) is 0.870. The molecule has 0 radical (unpaired) electrons. The first-order valence-corrected chi connectivity index (χ1v) is 8.03. The molecule has 1 aromatic carbocycles. The highest BCUT2D eigenvalue weighted by molar-refractivity contribution is 5.65. The Morgan fingerprint density at radius 1 is 1.39 bits per heavy atom. The number of hydrogen-bond acceptors (Lipinski definition) is 4. The molecule has 1 heterocycles. The predicted molar refractivity (Wildman–Crippen MR) is 85.0 cm³/mol. The van der Waals surface area contributed by atoms with Gasteiger partial charge in [-0.2, -0.15) is 0 Å². The summed E-state index contributed by atoms with van der Waals surface area (Å²) in [5, 5.41) is 19.2. The fourth-order valence-electron chi connectivity index (χ4n) is 2.76. The van der Waals surface area contributed by atoms with Crippen LogP contribution in [0.1, 0.15) is 31.7 Å². The van der Waals surface area contributed by atoms with Gasteiger partial charge in [-0.3, -0.25) is 4.90 Å². The van der Waals surface area contributed by atoms with Crippen LogP contribution in [0.5, 0.6) is 0 Å². The van der Waals surface area contributed by atoms with E-state index in [1.807, 2.05) is 30.3 Å². The molecule has 0 saturated carbocycles. The molecule has 1 aromatic rings. The Bertz CT molecular complexity index is 475. The van der Waals surface area contributed by atoms with Gasteiger partial charge in [0.05, 0.1) is 18.8 Å². The molecule has 0 bridgehead atoms. The number of carboxylic acid groups (broad SMARTS) is 1. The molecule has 1 fully saturated rings. The van der Waals surface area contributed by atoms with Gasteiger partial charge in [-0.15, -0.1) is 0 Å². The molecule has 0 spiro atoms. The molecular formula is C17H25NO5. The van der Waals surface area contributed by atoms with Crippen molar-refractivity contribution in [2.24, 2.45) is 0 Å². The Morgan fingerprint density at radius 3 is 2.70 bits per heavy atom. The summed E-state index contributed by atoms with van der Waals surface area (Å²) >= 11 is 0. The highest BCUT2D eigenvalue weighted by Crippen LogP contribution is 2.19. The summed E-state index contributed by atoms with van der Waals surface area (Å²) in [6, 6.07) is 8.68. The van der Waals surface area contributed by atoms with Crippen molar-refractivity contribution in [2.75, 3.05) is 13.2 Å². The van der Waals surface area contributed by atoms with Crippen molar-refractivity contribution in [1.29, 1.82) is 0 Å². The van der Waals surface area contributed by atoms with Crippen LogP contribution in [0.4, 0.5) is 4.79 Å². The summed E-state index contributed by atoms with van der Waals surface area (Å²) in [6.07, 6.45) is 1.01. The second-order valence-electron chi connectivity index (χ2n) is 5.78. The van der Waals surface area contributed by atoms with E-state index in [4.69, 9.17) is 9.47 Å². The van der Waals surface area contributed by atoms with Gasteiger partial charge in [0.1, 0.15) is 0 Å². The van der Waals surface area contributed by atoms with E-state index in [0.717, 1.165) is 24.8 Å². The van der Waals surface area contributed by atoms with E-state index < -0.39 is 18.2 Å². The van der Waals surface area contributed by atoms with Gasteiger partial charge in [0, 0.05) is 13.2 Å². The van der Waals surface area contributed by atoms with Crippen LogP contribution in [0.2, 0.25) is 0 Å². The van der Waals surface area contributed by atoms with Gasteiger partial charge in [-0.25, -0.2) is 4.79 Å². The first-order chi connectivity index (χ1) is 11.1. The maximum Gasteiger partial charge on any atom is 0.408 e. The molecule has 6 nitrogen and oxygen atoms in total. The second-order valence-corrected chi connectivity index (χ2v) is 5.78. The van der Waals surface area contributed by atoms with Crippen LogP contribution >= 0.6 is 0 Å². The molecule has 2 rings (SSSR count). The number of nitrogens with zero attached hydrogens (tertiary/aromatic N) is 1. The van der Waals surface area contributed by atoms with Gasteiger partial charge in [0.25, 0.3) is 0 Å². The molecule has 2 N–H and O–H groups in total. The van der Waals surface area contributed by atoms with Crippen LogP contribution in [0.15, 0.2) is 30.3 Å². The van der Waals surface area contributed by atoms with E-state index in [9.17, 15) is 15.0 Å². The van der Waals surface area contributed by atoms with Crippen LogP contribution in [0, 0.1) is 0 Å². The summed E-state index contributed by atoms with van der Waals surface area (Å²) < 4.78 is 11.4. The lowest BCUT2D eigenvalue weighted by Crippen LogP contribution is -2.49. The molecular weight excluding hydrogens is 298 g/mol. The highest BCUT2D eigenvalue weighted by atomic mass is 16.7. The molecule has 23 heavy (non-hydrogen) atoms. The van der Waals surface area contributed by atoms with Crippen molar-refractivity contribution in [1.82, 2.24) is 4.90 Å². The number of amides is 1. The molecule has 1 aliphatic rings. The zero-order chi connectivity index (χ0) is 16.7. The molecule has 128 valence electrons. The Kier molecular flexibility index (Phi) is 6.83. The Balaban J connectivity index is 2.02. The average molecular weight is 323 g/mol. The van der Waals surface area contributed by atoms with E-state index in [0.29, 0.717) is 6.61 Å². The smallest absolute Gasteiger partial charge is 0.408 e. The monoisotopic (exact) mass is 323 g/mol. The van der Waals surface area contributed by atoms with Gasteiger partial charge in [0.2, 0.25) is 0 Å². The van der Waals surface area contributed by atoms with E-state index in [-0.39, 0.29) is 19.4 Å². The molecule has 0 aliphatic carbocycles. The van der Waals surface area contributed by atoms with Crippen LogP contribution in [-0.4, -0.2) is 52.9 Å². The molecule has 1 saturated heterocycles. The van der Waals surface area contributed by atoms with Gasteiger partial charge < -0.3 is 19.7 Å². The third-order valence-corrected chi connectivity index (χ3v) is 4.08. The minimum atomic E-state index is -1.08. The number of carbonyl (C=O) groups is 1. The predicted octanol–water partition coefficient (Wildman–Crippen LogP) is 2.46. The zero-order valence-corrected chi connectivity index (χ0v) is 13.4. The topological polar surface area (TPSA) is 79.2 Å². The number of hydrogen-bond donors (Lipinski definition) is 2. The summed E-state index contributed by atoms with van der Waals surface area (Å²) in [7, 11) is 0. The first-order valence-electron chi connectivity index (χ1n) is 8.03. The maximum absolute atomic E-state index is 11.6. The summed E-state index contributed by atoms with van der Waals surface area (Å²) in [6.45, 7) is 2.35. The standard InChI is InChI=1S/C17H25NO5/c1-13(23-16-9-5-6-10-22-16)15(12-19)18(17(20)21)11-14-7-3-2-4-8-14/h2-4,7-8,13,15-16,19H,5-6,9-12H2,1H3,(H,20,21)/t13-,15-,16?/m1/s1.